The molecule has 10 heteroatoms. The standard InChI is InChI=1S/C24H27FN4O5/c1-24(11-34-12-24)29-17-9-13(23(32)27-14-5-7-26-8-6-14)3-4-16(17)28-22(29)15-10-18(33-2)20(30)21(31)19(15)25/h3-4,9-10,14,26,30-31H,5-8,11-12H2,1-2H3,(H,27,32). The number of benzene rings is 2. The van der Waals surface area contributed by atoms with Crippen LogP contribution >= 0.6 is 0 Å². The van der Waals surface area contributed by atoms with E-state index < -0.39 is 22.9 Å². The van der Waals surface area contributed by atoms with Gasteiger partial charge in [-0.2, -0.15) is 0 Å². The Bertz CT molecular complexity index is 1260. The van der Waals surface area contributed by atoms with Gasteiger partial charge in [0, 0.05) is 11.6 Å². The van der Waals surface area contributed by atoms with Gasteiger partial charge in [0.15, 0.2) is 17.3 Å². The quantitative estimate of drug-likeness (QED) is 0.423. The lowest BCUT2D eigenvalue weighted by molar-refractivity contribution is -0.0868. The predicted molar refractivity (Wildman–Crippen MR) is 123 cm³/mol. The molecule has 3 aromatic rings. The molecule has 2 fully saturated rings. The highest BCUT2D eigenvalue weighted by Gasteiger charge is 2.39. The number of amides is 1. The van der Waals surface area contributed by atoms with Gasteiger partial charge in [-0.05, 0) is 57.1 Å². The van der Waals surface area contributed by atoms with Gasteiger partial charge in [0.2, 0.25) is 5.75 Å². The van der Waals surface area contributed by atoms with Crippen molar-refractivity contribution in [2.45, 2.75) is 31.3 Å². The molecule has 0 spiro atoms. The third-order valence-electron chi connectivity index (χ3n) is 6.60. The van der Waals surface area contributed by atoms with Crippen LogP contribution in [0.4, 0.5) is 4.39 Å². The van der Waals surface area contributed by atoms with E-state index in [0.29, 0.717) is 29.8 Å². The molecule has 9 nitrogen and oxygen atoms in total. The number of aromatic nitrogens is 2. The van der Waals surface area contributed by atoms with Crippen molar-refractivity contribution in [2.75, 3.05) is 33.4 Å². The van der Waals surface area contributed by atoms with Gasteiger partial charge in [0.1, 0.15) is 5.82 Å². The molecule has 2 saturated heterocycles. The average Bonchev–Trinajstić information content (AvgIpc) is 3.20. The van der Waals surface area contributed by atoms with E-state index in [4.69, 9.17) is 9.47 Å². The van der Waals surface area contributed by atoms with Crippen LogP contribution in [0.5, 0.6) is 17.2 Å². The number of hydrogen-bond donors (Lipinski definition) is 4. The largest absolute Gasteiger partial charge is 0.502 e. The Labute approximate surface area is 195 Å². The van der Waals surface area contributed by atoms with E-state index in [1.54, 1.807) is 18.2 Å². The number of halogens is 1. The molecule has 2 aromatic carbocycles. The topological polar surface area (TPSA) is 118 Å². The zero-order valence-corrected chi connectivity index (χ0v) is 19.0. The Balaban J connectivity index is 1.63. The Hall–Kier alpha value is -3.37. The number of piperidine rings is 1. The fourth-order valence-electron chi connectivity index (χ4n) is 4.63. The van der Waals surface area contributed by atoms with E-state index in [0.717, 1.165) is 25.9 Å². The fourth-order valence-corrected chi connectivity index (χ4v) is 4.63. The van der Waals surface area contributed by atoms with Gasteiger partial charge >= 0.3 is 0 Å². The summed E-state index contributed by atoms with van der Waals surface area (Å²) in [6, 6.07) is 6.59. The Morgan fingerprint density at radius 1 is 1.26 bits per heavy atom. The van der Waals surface area contributed by atoms with Crippen LogP contribution in [0.3, 0.4) is 0 Å². The molecule has 34 heavy (non-hydrogen) atoms. The molecule has 0 radical (unpaired) electrons. The summed E-state index contributed by atoms with van der Waals surface area (Å²) in [5.41, 5.74) is 1.12. The minimum absolute atomic E-state index is 0.0304. The summed E-state index contributed by atoms with van der Waals surface area (Å²) < 4.78 is 27.5. The number of phenolic OH excluding ortho intramolecular Hbond substituents is 2. The van der Waals surface area contributed by atoms with Crippen LogP contribution in [0.2, 0.25) is 0 Å². The second-order valence-electron chi connectivity index (χ2n) is 9.10. The maximum atomic E-state index is 15.1. The van der Waals surface area contributed by atoms with Gasteiger partial charge < -0.3 is 34.9 Å². The lowest BCUT2D eigenvalue weighted by Crippen LogP contribution is -2.49. The first-order valence-electron chi connectivity index (χ1n) is 11.2. The molecule has 0 bridgehead atoms. The van der Waals surface area contributed by atoms with Gasteiger partial charge in [0.25, 0.3) is 5.91 Å². The third-order valence-corrected chi connectivity index (χ3v) is 6.60. The van der Waals surface area contributed by atoms with Gasteiger partial charge in [0.05, 0.1) is 42.5 Å². The molecule has 0 unspecified atom stereocenters. The summed E-state index contributed by atoms with van der Waals surface area (Å²) in [5.74, 6) is -2.62. The smallest absolute Gasteiger partial charge is 0.251 e. The summed E-state index contributed by atoms with van der Waals surface area (Å²) in [5, 5.41) is 26.5. The Kier molecular flexibility index (Phi) is 5.57. The summed E-state index contributed by atoms with van der Waals surface area (Å²) >= 11 is 0. The van der Waals surface area contributed by atoms with Crippen molar-refractivity contribution in [1.29, 1.82) is 0 Å². The number of carbonyl (C=O) groups excluding carboxylic acids is 1. The number of ether oxygens (including phenoxy) is 2. The van der Waals surface area contributed by atoms with Crippen LogP contribution in [-0.2, 0) is 10.3 Å². The number of nitrogens with one attached hydrogen (secondary N) is 2. The number of nitrogens with zero attached hydrogens (tertiary/aromatic N) is 2. The van der Waals surface area contributed by atoms with E-state index in [1.807, 2.05) is 11.5 Å². The number of aromatic hydroxyl groups is 2. The number of rotatable bonds is 5. The van der Waals surface area contributed by atoms with Crippen LogP contribution in [0.1, 0.15) is 30.1 Å². The predicted octanol–water partition coefficient (Wildman–Crippen LogP) is 2.49. The summed E-state index contributed by atoms with van der Waals surface area (Å²) in [4.78, 5) is 17.6. The van der Waals surface area contributed by atoms with Crippen molar-refractivity contribution in [2.24, 2.45) is 0 Å². The van der Waals surface area contributed by atoms with Crippen molar-refractivity contribution in [3.63, 3.8) is 0 Å². The highest BCUT2D eigenvalue weighted by molar-refractivity contribution is 5.98. The first kappa shape index (κ1) is 22.4. The van der Waals surface area contributed by atoms with Gasteiger partial charge in [-0.1, -0.05) is 0 Å². The minimum Gasteiger partial charge on any atom is -0.502 e. The van der Waals surface area contributed by atoms with Crippen molar-refractivity contribution in [1.82, 2.24) is 20.2 Å². The summed E-state index contributed by atoms with van der Waals surface area (Å²) in [6.45, 7) is 4.44. The molecule has 0 saturated carbocycles. The summed E-state index contributed by atoms with van der Waals surface area (Å²) in [7, 11) is 1.31. The molecule has 2 aliphatic heterocycles. The monoisotopic (exact) mass is 470 g/mol. The van der Waals surface area contributed by atoms with E-state index >= 15 is 4.39 Å². The molecule has 1 aromatic heterocycles. The normalized spacial score (nSPS) is 18.0. The number of hydrogen-bond acceptors (Lipinski definition) is 7. The van der Waals surface area contributed by atoms with Crippen molar-refractivity contribution < 1.29 is 28.9 Å². The maximum absolute atomic E-state index is 15.1. The van der Waals surface area contributed by atoms with Crippen LogP contribution in [-0.4, -0.2) is 65.1 Å². The lowest BCUT2D eigenvalue weighted by Gasteiger charge is -2.40. The summed E-state index contributed by atoms with van der Waals surface area (Å²) in [6.07, 6.45) is 1.74. The zero-order valence-electron chi connectivity index (χ0n) is 19.0. The molecule has 1 amide bonds. The molecule has 4 N–H and O–H groups in total. The number of phenols is 2. The molecular weight excluding hydrogens is 443 g/mol. The van der Waals surface area contributed by atoms with Crippen LogP contribution in [0, 0.1) is 5.82 Å². The zero-order chi connectivity index (χ0) is 24.0. The number of imidazole rings is 1. The third kappa shape index (κ3) is 3.63. The van der Waals surface area contributed by atoms with Crippen LogP contribution in [0.25, 0.3) is 22.4 Å². The van der Waals surface area contributed by atoms with E-state index in [-0.39, 0.29) is 29.1 Å². The van der Waals surface area contributed by atoms with E-state index in [9.17, 15) is 15.0 Å². The van der Waals surface area contributed by atoms with E-state index in [2.05, 4.69) is 15.6 Å². The number of methoxy groups -OCH3 is 1. The molecule has 0 aliphatic carbocycles. The average molecular weight is 471 g/mol. The minimum atomic E-state index is -1.01. The Morgan fingerprint density at radius 3 is 2.65 bits per heavy atom. The van der Waals surface area contributed by atoms with Gasteiger partial charge in [-0.25, -0.2) is 9.37 Å². The SMILES string of the molecule is COc1cc(-c2nc3ccc(C(=O)NC4CCNCC4)cc3n2C2(C)COC2)c(F)c(O)c1O. The van der Waals surface area contributed by atoms with E-state index in [1.165, 1.54) is 13.2 Å². The van der Waals surface area contributed by atoms with Crippen LogP contribution in [0.15, 0.2) is 24.3 Å². The maximum Gasteiger partial charge on any atom is 0.251 e. The molecule has 2 aliphatic rings. The number of carbonyl (C=O) groups is 1. The van der Waals surface area contributed by atoms with Crippen molar-refractivity contribution in [3.8, 4) is 28.6 Å². The number of fused-ring (bicyclic) bond motifs is 1. The molecule has 0 atom stereocenters. The lowest BCUT2D eigenvalue weighted by atomic mass is 9.98. The van der Waals surface area contributed by atoms with Gasteiger partial charge in [-0.15, -0.1) is 0 Å². The van der Waals surface area contributed by atoms with Crippen molar-refractivity contribution in [3.05, 3.63) is 35.6 Å². The first-order valence-corrected chi connectivity index (χ1v) is 11.2. The van der Waals surface area contributed by atoms with Crippen LogP contribution < -0.4 is 15.4 Å². The highest BCUT2D eigenvalue weighted by atomic mass is 19.1. The molecule has 180 valence electrons. The van der Waals surface area contributed by atoms with Crippen molar-refractivity contribution >= 4 is 16.9 Å². The second-order valence-corrected chi connectivity index (χ2v) is 9.10. The highest BCUT2D eigenvalue weighted by Crippen LogP contribution is 2.44. The fraction of sp³-hybridized carbons (Fsp3) is 0.417. The molecule has 3 heterocycles. The Morgan fingerprint density at radius 2 is 2.00 bits per heavy atom. The second kappa shape index (κ2) is 8.44. The first-order chi connectivity index (χ1) is 16.3. The molecular formula is C24H27FN4O5. The molecule has 5 rings (SSSR count). The van der Waals surface area contributed by atoms with Gasteiger partial charge in [-0.3, -0.25) is 4.79 Å².